The van der Waals surface area contributed by atoms with E-state index in [4.69, 9.17) is 4.74 Å². The highest BCUT2D eigenvalue weighted by molar-refractivity contribution is 5.23. The van der Waals surface area contributed by atoms with Crippen molar-refractivity contribution >= 4 is 0 Å². The van der Waals surface area contributed by atoms with E-state index in [9.17, 15) is 8.78 Å². The molecule has 0 spiro atoms. The summed E-state index contributed by atoms with van der Waals surface area (Å²) in [7, 11) is 1.64. The molecule has 18 heavy (non-hydrogen) atoms. The maximum atomic E-state index is 13.8. The van der Waals surface area contributed by atoms with Crippen molar-refractivity contribution in [2.45, 2.75) is 26.3 Å². The molecular weight excluding hydrogens is 236 g/mol. The van der Waals surface area contributed by atoms with E-state index in [2.05, 4.69) is 5.32 Å². The summed E-state index contributed by atoms with van der Waals surface area (Å²) < 4.78 is 32.1. The molecule has 0 bridgehead atoms. The minimum Gasteiger partial charge on any atom is -0.385 e. The zero-order valence-electron chi connectivity index (χ0n) is 11.2. The Labute approximate surface area is 107 Å². The average Bonchev–Trinajstić information content (AvgIpc) is 2.37. The van der Waals surface area contributed by atoms with E-state index in [1.807, 2.05) is 13.8 Å². The van der Waals surface area contributed by atoms with Gasteiger partial charge in [0.15, 0.2) is 11.6 Å². The lowest BCUT2D eigenvalue weighted by Crippen LogP contribution is -2.28. The summed E-state index contributed by atoms with van der Waals surface area (Å²) in [6.07, 6.45) is 0.796. The van der Waals surface area contributed by atoms with Crippen LogP contribution < -0.4 is 5.32 Å². The van der Waals surface area contributed by atoms with Crippen LogP contribution in [0.4, 0.5) is 8.78 Å². The summed E-state index contributed by atoms with van der Waals surface area (Å²) >= 11 is 0. The van der Waals surface area contributed by atoms with E-state index in [-0.39, 0.29) is 12.0 Å². The Morgan fingerprint density at radius 1 is 1.33 bits per heavy atom. The molecule has 1 N–H and O–H groups in total. The standard InChI is InChI=1S/C14H21F2NO/c1-4-17-14(10(2)8-9-18-3)11-6-5-7-12(15)13(11)16/h5-7,10,14,17H,4,8-9H2,1-3H3. The number of ether oxygens (including phenoxy) is 1. The van der Waals surface area contributed by atoms with Crippen LogP contribution in [-0.4, -0.2) is 20.3 Å². The lowest BCUT2D eigenvalue weighted by molar-refractivity contribution is 0.170. The van der Waals surface area contributed by atoms with Crippen LogP contribution >= 0.6 is 0 Å². The molecule has 2 atom stereocenters. The highest BCUT2D eigenvalue weighted by Crippen LogP contribution is 2.27. The fourth-order valence-electron chi connectivity index (χ4n) is 2.07. The van der Waals surface area contributed by atoms with Crippen molar-refractivity contribution in [1.29, 1.82) is 0 Å². The van der Waals surface area contributed by atoms with E-state index in [1.54, 1.807) is 19.2 Å². The zero-order valence-corrected chi connectivity index (χ0v) is 11.2. The van der Waals surface area contributed by atoms with Crippen LogP contribution in [0.25, 0.3) is 0 Å². The minimum absolute atomic E-state index is 0.168. The smallest absolute Gasteiger partial charge is 0.163 e. The molecule has 0 saturated carbocycles. The summed E-state index contributed by atoms with van der Waals surface area (Å²) in [4.78, 5) is 0. The second kappa shape index (κ2) is 7.44. The van der Waals surface area contributed by atoms with Crippen LogP contribution in [-0.2, 0) is 4.74 Å². The van der Waals surface area contributed by atoms with Gasteiger partial charge in [-0.25, -0.2) is 8.78 Å². The van der Waals surface area contributed by atoms with Gasteiger partial charge in [-0.05, 0) is 24.9 Å². The van der Waals surface area contributed by atoms with Gasteiger partial charge in [0.25, 0.3) is 0 Å². The lowest BCUT2D eigenvalue weighted by atomic mass is 9.91. The molecule has 0 amide bonds. The first kappa shape index (κ1) is 15.1. The van der Waals surface area contributed by atoms with Crippen LogP contribution in [0.15, 0.2) is 18.2 Å². The molecule has 0 aromatic heterocycles. The second-order valence-electron chi connectivity index (χ2n) is 4.44. The molecule has 0 fully saturated rings. The van der Waals surface area contributed by atoms with E-state index in [1.165, 1.54) is 0 Å². The maximum absolute atomic E-state index is 13.8. The Hall–Kier alpha value is -1.00. The molecule has 2 unspecified atom stereocenters. The number of rotatable bonds is 7. The summed E-state index contributed by atoms with van der Waals surface area (Å²) in [6, 6.07) is 4.12. The first-order valence-corrected chi connectivity index (χ1v) is 6.28. The van der Waals surface area contributed by atoms with Crippen LogP contribution in [0.5, 0.6) is 0 Å². The van der Waals surface area contributed by atoms with Gasteiger partial charge in [0.05, 0.1) is 0 Å². The van der Waals surface area contributed by atoms with Gasteiger partial charge in [-0.2, -0.15) is 0 Å². The molecule has 0 heterocycles. The van der Waals surface area contributed by atoms with Crippen LogP contribution in [0.1, 0.15) is 31.9 Å². The van der Waals surface area contributed by atoms with Crippen molar-refractivity contribution in [3.63, 3.8) is 0 Å². The van der Waals surface area contributed by atoms with Gasteiger partial charge >= 0.3 is 0 Å². The van der Waals surface area contributed by atoms with Gasteiger partial charge in [0, 0.05) is 25.3 Å². The SMILES string of the molecule is CCNC(c1cccc(F)c1F)C(C)CCOC. The van der Waals surface area contributed by atoms with Crippen molar-refractivity contribution in [3.8, 4) is 0 Å². The van der Waals surface area contributed by atoms with Crippen molar-refractivity contribution in [2.24, 2.45) is 5.92 Å². The average molecular weight is 257 g/mol. The number of benzene rings is 1. The highest BCUT2D eigenvalue weighted by atomic mass is 19.2. The van der Waals surface area contributed by atoms with Crippen LogP contribution in [0.3, 0.4) is 0 Å². The number of nitrogens with one attached hydrogen (secondary N) is 1. The summed E-state index contributed by atoms with van der Waals surface area (Å²) in [5.74, 6) is -1.39. The van der Waals surface area contributed by atoms with Crippen molar-refractivity contribution < 1.29 is 13.5 Å². The Kier molecular flexibility index (Phi) is 6.22. The molecule has 4 heteroatoms. The van der Waals surface area contributed by atoms with Gasteiger partial charge < -0.3 is 10.1 Å². The number of hydrogen-bond acceptors (Lipinski definition) is 2. The maximum Gasteiger partial charge on any atom is 0.163 e. The Balaban J connectivity index is 2.92. The Morgan fingerprint density at radius 2 is 2.06 bits per heavy atom. The molecule has 102 valence electrons. The Morgan fingerprint density at radius 3 is 2.67 bits per heavy atom. The van der Waals surface area contributed by atoms with E-state index in [0.717, 1.165) is 12.5 Å². The van der Waals surface area contributed by atoms with Crippen LogP contribution in [0.2, 0.25) is 0 Å². The molecular formula is C14H21F2NO. The predicted octanol–water partition coefficient (Wildman–Crippen LogP) is 3.29. The summed E-state index contributed by atoms with van der Waals surface area (Å²) in [6.45, 7) is 5.28. The largest absolute Gasteiger partial charge is 0.385 e. The van der Waals surface area contributed by atoms with E-state index >= 15 is 0 Å². The molecule has 1 aromatic rings. The monoisotopic (exact) mass is 257 g/mol. The fourth-order valence-corrected chi connectivity index (χ4v) is 2.07. The molecule has 1 aromatic carbocycles. The summed E-state index contributed by atoms with van der Waals surface area (Å²) in [5.41, 5.74) is 0.389. The van der Waals surface area contributed by atoms with E-state index < -0.39 is 11.6 Å². The van der Waals surface area contributed by atoms with Crippen LogP contribution in [0, 0.1) is 17.6 Å². The first-order chi connectivity index (χ1) is 8.61. The quantitative estimate of drug-likeness (QED) is 0.809. The van der Waals surface area contributed by atoms with Gasteiger partial charge in [0.1, 0.15) is 0 Å². The third-order valence-corrected chi connectivity index (χ3v) is 3.09. The Bertz CT molecular complexity index is 371. The number of halogens is 2. The van der Waals surface area contributed by atoms with Crippen molar-refractivity contribution in [3.05, 3.63) is 35.4 Å². The van der Waals surface area contributed by atoms with Crippen molar-refractivity contribution in [1.82, 2.24) is 5.32 Å². The van der Waals surface area contributed by atoms with Gasteiger partial charge in [-0.1, -0.05) is 26.0 Å². The zero-order chi connectivity index (χ0) is 13.5. The number of hydrogen-bond donors (Lipinski definition) is 1. The summed E-state index contributed by atoms with van der Waals surface area (Å²) in [5, 5.41) is 3.21. The predicted molar refractivity (Wildman–Crippen MR) is 68.4 cm³/mol. The lowest BCUT2D eigenvalue weighted by Gasteiger charge is -2.25. The molecule has 2 nitrogen and oxygen atoms in total. The minimum atomic E-state index is -0.797. The highest BCUT2D eigenvalue weighted by Gasteiger charge is 2.22. The van der Waals surface area contributed by atoms with E-state index in [0.29, 0.717) is 18.7 Å². The first-order valence-electron chi connectivity index (χ1n) is 6.28. The fraction of sp³-hybridized carbons (Fsp3) is 0.571. The van der Waals surface area contributed by atoms with Gasteiger partial charge in [-0.15, -0.1) is 0 Å². The van der Waals surface area contributed by atoms with Gasteiger partial charge in [-0.3, -0.25) is 0 Å². The molecule has 0 aliphatic heterocycles. The molecule has 0 radical (unpaired) electrons. The molecule has 0 saturated heterocycles. The van der Waals surface area contributed by atoms with Crippen molar-refractivity contribution in [2.75, 3.05) is 20.3 Å². The topological polar surface area (TPSA) is 21.3 Å². The molecule has 0 aliphatic rings. The molecule has 1 rings (SSSR count). The third kappa shape index (κ3) is 3.75. The van der Waals surface area contributed by atoms with Gasteiger partial charge in [0.2, 0.25) is 0 Å². The molecule has 0 aliphatic carbocycles. The number of methoxy groups -OCH3 is 1. The third-order valence-electron chi connectivity index (χ3n) is 3.09. The second-order valence-corrected chi connectivity index (χ2v) is 4.44. The normalized spacial score (nSPS) is 14.5.